The maximum absolute atomic E-state index is 11.2. The largest absolute Gasteiger partial charge is 0.445 e. The molecule has 2 heterocycles. The molecular formula is C13H23N3O3S. The third-order valence-electron chi connectivity index (χ3n) is 3.70. The van der Waals surface area contributed by atoms with E-state index in [9.17, 15) is 8.42 Å². The summed E-state index contributed by atoms with van der Waals surface area (Å²) in [7, 11) is -0.816. The standard InChI is InChI=1S/C13H23N3O3S/c1-11-8-14-13(19-11)10-15(2)12-4-5-16(9-12)6-7-20(3,17)18/h8,12H,4-7,9-10H2,1-3H3. The van der Waals surface area contributed by atoms with Gasteiger partial charge >= 0.3 is 0 Å². The zero-order chi connectivity index (χ0) is 14.8. The molecule has 1 fully saturated rings. The van der Waals surface area contributed by atoms with Crippen molar-refractivity contribution < 1.29 is 12.8 Å². The van der Waals surface area contributed by atoms with E-state index >= 15 is 0 Å². The Hall–Kier alpha value is -0.920. The highest BCUT2D eigenvalue weighted by molar-refractivity contribution is 7.90. The van der Waals surface area contributed by atoms with Crippen LogP contribution in [0.5, 0.6) is 0 Å². The first-order chi connectivity index (χ1) is 9.33. The number of likely N-dealkylation sites (N-methyl/N-ethyl adjacent to an activating group) is 1. The van der Waals surface area contributed by atoms with Crippen LogP contribution in [0.25, 0.3) is 0 Å². The number of sulfone groups is 1. The summed E-state index contributed by atoms with van der Waals surface area (Å²) in [5.41, 5.74) is 0. The topological polar surface area (TPSA) is 66.7 Å². The van der Waals surface area contributed by atoms with Crippen molar-refractivity contribution in [1.29, 1.82) is 0 Å². The summed E-state index contributed by atoms with van der Waals surface area (Å²) in [6, 6.07) is 0.432. The molecule has 20 heavy (non-hydrogen) atoms. The molecule has 1 atom stereocenters. The molecule has 0 N–H and O–H groups in total. The lowest BCUT2D eigenvalue weighted by molar-refractivity contribution is 0.208. The molecule has 0 aliphatic carbocycles. The van der Waals surface area contributed by atoms with Gasteiger partial charge in [0.05, 0.1) is 18.5 Å². The predicted octanol–water partition coefficient (Wildman–Crippen LogP) is 0.534. The van der Waals surface area contributed by atoms with Crippen LogP contribution < -0.4 is 0 Å². The normalized spacial score (nSPS) is 20.9. The lowest BCUT2D eigenvalue weighted by atomic mass is 10.2. The fraction of sp³-hybridized carbons (Fsp3) is 0.769. The predicted molar refractivity (Wildman–Crippen MR) is 77.3 cm³/mol. The van der Waals surface area contributed by atoms with E-state index in [1.807, 2.05) is 6.92 Å². The van der Waals surface area contributed by atoms with Gasteiger partial charge in [0, 0.05) is 25.4 Å². The van der Waals surface area contributed by atoms with Gasteiger partial charge in [0.1, 0.15) is 15.6 Å². The second-order valence-electron chi connectivity index (χ2n) is 5.65. The summed E-state index contributed by atoms with van der Waals surface area (Å²) in [5, 5.41) is 0. The van der Waals surface area contributed by atoms with Crippen LogP contribution in [0.1, 0.15) is 18.1 Å². The van der Waals surface area contributed by atoms with Gasteiger partial charge in [-0.05, 0) is 26.9 Å². The van der Waals surface area contributed by atoms with Crippen molar-refractivity contribution >= 4 is 9.84 Å². The molecule has 0 radical (unpaired) electrons. The van der Waals surface area contributed by atoms with Crippen molar-refractivity contribution in [1.82, 2.24) is 14.8 Å². The first-order valence-corrected chi connectivity index (χ1v) is 8.91. The van der Waals surface area contributed by atoms with Crippen LogP contribution in [0, 0.1) is 6.92 Å². The highest BCUT2D eigenvalue weighted by Gasteiger charge is 2.26. The van der Waals surface area contributed by atoms with Gasteiger partial charge in [-0.15, -0.1) is 0 Å². The summed E-state index contributed by atoms with van der Waals surface area (Å²) in [5.74, 6) is 1.80. The number of hydrogen-bond acceptors (Lipinski definition) is 6. The van der Waals surface area contributed by atoms with Gasteiger partial charge in [-0.1, -0.05) is 0 Å². The molecule has 7 heteroatoms. The van der Waals surface area contributed by atoms with Gasteiger partial charge in [0.25, 0.3) is 0 Å². The van der Waals surface area contributed by atoms with Crippen LogP contribution in [-0.2, 0) is 16.4 Å². The molecule has 2 rings (SSSR count). The van der Waals surface area contributed by atoms with Crippen molar-refractivity contribution in [3.05, 3.63) is 17.8 Å². The number of oxazole rings is 1. The molecule has 0 aromatic carbocycles. The van der Waals surface area contributed by atoms with E-state index in [2.05, 4.69) is 21.8 Å². The van der Waals surface area contributed by atoms with Gasteiger partial charge in [-0.3, -0.25) is 4.90 Å². The highest BCUT2D eigenvalue weighted by Crippen LogP contribution is 2.16. The smallest absolute Gasteiger partial charge is 0.208 e. The fourth-order valence-corrected chi connectivity index (χ4v) is 3.08. The zero-order valence-corrected chi connectivity index (χ0v) is 13.2. The fourth-order valence-electron chi connectivity index (χ4n) is 2.49. The second-order valence-corrected chi connectivity index (χ2v) is 7.91. The number of nitrogens with zero attached hydrogens (tertiary/aromatic N) is 3. The number of rotatable bonds is 6. The van der Waals surface area contributed by atoms with Crippen LogP contribution in [-0.4, -0.2) is 67.9 Å². The van der Waals surface area contributed by atoms with Crippen LogP contribution >= 0.6 is 0 Å². The zero-order valence-electron chi connectivity index (χ0n) is 12.4. The van der Waals surface area contributed by atoms with E-state index in [1.165, 1.54) is 6.26 Å². The number of aryl methyl sites for hydroxylation is 1. The summed E-state index contributed by atoms with van der Waals surface area (Å²) in [4.78, 5) is 8.65. The molecule has 1 aliphatic heterocycles. The Kier molecular flexibility index (Phi) is 4.82. The van der Waals surface area contributed by atoms with Crippen molar-refractivity contribution in [3.63, 3.8) is 0 Å². The molecule has 114 valence electrons. The SMILES string of the molecule is Cc1cnc(CN(C)C2CCN(CCS(C)(=O)=O)C2)o1. The quantitative estimate of drug-likeness (QED) is 0.764. The molecule has 1 aliphatic rings. The summed E-state index contributed by atoms with van der Waals surface area (Å²) >= 11 is 0. The van der Waals surface area contributed by atoms with Crippen molar-refractivity contribution in [2.24, 2.45) is 0 Å². The maximum Gasteiger partial charge on any atom is 0.208 e. The van der Waals surface area contributed by atoms with Crippen molar-refractivity contribution in [2.75, 3.05) is 38.7 Å². The number of hydrogen-bond donors (Lipinski definition) is 0. The minimum absolute atomic E-state index is 0.238. The highest BCUT2D eigenvalue weighted by atomic mass is 32.2. The Morgan fingerprint density at radius 2 is 2.30 bits per heavy atom. The van der Waals surface area contributed by atoms with E-state index in [0.29, 0.717) is 19.1 Å². The number of likely N-dealkylation sites (tertiary alicyclic amines) is 1. The Bertz CT molecular complexity index is 541. The Morgan fingerprint density at radius 1 is 1.55 bits per heavy atom. The lowest BCUT2D eigenvalue weighted by Gasteiger charge is -2.23. The van der Waals surface area contributed by atoms with E-state index < -0.39 is 9.84 Å². The third-order valence-corrected chi connectivity index (χ3v) is 4.63. The number of aromatic nitrogens is 1. The van der Waals surface area contributed by atoms with Crippen LogP contribution in [0.3, 0.4) is 0 Å². The molecule has 1 saturated heterocycles. The van der Waals surface area contributed by atoms with E-state index in [-0.39, 0.29) is 5.75 Å². The van der Waals surface area contributed by atoms with Gasteiger partial charge < -0.3 is 9.32 Å². The Morgan fingerprint density at radius 3 is 2.90 bits per heavy atom. The minimum atomic E-state index is -2.88. The average molecular weight is 301 g/mol. The van der Waals surface area contributed by atoms with E-state index in [4.69, 9.17) is 4.42 Å². The molecule has 1 aromatic rings. The monoisotopic (exact) mass is 301 g/mol. The lowest BCUT2D eigenvalue weighted by Crippen LogP contribution is -2.35. The summed E-state index contributed by atoms with van der Waals surface area (Å²) in [6.45, 7) is 5.07. The second kappa shape index (κ2) is 6.24. The molecule has 1 aromatic heterocycles. The summed E-state index contributed by atoms with van der Waals surface area (Å²) in [6.07, 6.45) is 4.08. The van der Waals surface area contributed by atoms with Crippen LogP contribution in [0.2, 0.25) is 0 Å². The van der Waals surface area contributed by atoms with E-state index in [0.717, 1.165) is 31.2 Å². The van der Waals surface area contributed by atoms with Gasteiger partial charge in [0.2, 0.25) is 5.89 Å². The first kappa shape index (κ1) is 15.5. The Labute approximate surface area is 120 Å². The third kappa shape index (κ3) is 4.57. The molecule has 0 saturated carbocycles. The summed E-state index contributed by atoms with van der Waals surface area (Å²) < 4.78 is 27.9. The van der Waals surface area contributed by atoms with Crippen LogP contribution in [0.4, 0.5) is 0 Å². The molecule has 1 unspecified atom stereocenters. The van der Waals surface area contributed by atoms with Gasteiger partial charge in [-0.25, -0.2) is 13.4 Å². The molecule has 0 amide bonds. The minimum Gasteiger partial charge on any atom is -0.445 e. The average Bonchev–Trinajstić information content (AvgIpc) is 2.95. The van der Waals surface area contributed by atoms with Crippen LogP contribution in [0.15, 0.2) is 10.6 Å². The van der Waals surface area contributed by atoms with Crippen molar-refractivity contribution in [3.8, 4) is 0 Å². The molecule has 6 nitrogen and oxygen atoms in total. The van der Waals surface area contributed by atoms with Gasteiger partial charge in [0.15, 0.2) is 0 Å². The molecular weight excluding hydrogens is 278 g/mol. The van der Waals surface area contributed by atoms with E-state index in [1.54, 1.807) is 6.20 Å². The Balaban J connectivity index is 1.80. The van der Waals surface area contributed by atoms with Gasteiger partial charge in [-0.2, -0.15) is 0 Å². The molecule has 0 bridgehead atoms. The first-order valence-electron chi connectivity index (χ1n) is 6.85. The van der Waals surface area contributed by atoms with Crippen molar-refractivity contribution in [2.45, 2.75) is 25.9 Å². The maximum atomic E-state index is 11.2. The molecule has 0 spiro atoms.